The molecule has 0 heterocycles. The molecule has 40 heavy (non-hydrogen) atoms. The van der Waals surface area contributed by atoms with Gasteiger partial charge in [-0.2, -0.15) is 0 Å². The summed E-state index contributed by atoms with van der Waals surface area (Å²) in [6, 6.07) is 19.8. The minimum Gasteiger partial charge on any atom is -0.352 e. The SMILES string of the molecule is Cc1ccc(S(=O)(=O)N(CC(=O)N(Cc2ccccc2)[C@@H](C)C(=O)NC2CCCCC2)c2ccc(F)cc2)cc1. The van der Waals surface area contributed by atoms with Crippen LogP contribution in [0.15, 0.2) is 83.8 Å². The Bertz CT molecular complexity index is 1390. The molecule has 0 spiro atoms. The van der Waals surface area contributed by atoms with E-state index in [1.165, 1.54) is 29.2 Å². The molecule has 1 aliphatic rings. The highest BCUT2D eigenvalue weighted by Gasteiger charge is 2.33. The van der Waals surface area contributed by atoms with E-state index in [4.69, 9.17) is 0 Å². The van der Waals surface area contributed by atoms with Crippen LogP contribution >= 0.6 is 0 Å². The monoisotopic (exact) mass is 565 g/mol. The normalized spacial score (nSPS) is 14.8. The molecular weight excluding hydrogens is 529 g/mol. The van der Waals surface area contributed by atoms with Crippen molar-refractivity contribution in [3.05, 3.63) is 95.8 Å². The number of hydrogen-bond donors (Lipinski definition) is 1. The molecule has 1 saturated carbocycles. The Hall–Kier alpha value is -3.72. The maximum absolute atomic E-state index is 13.9. The van der Waals surface area contributed by atoms with Crippen molar-refractivity contribution in [2.75, 3.05) is 10.8 Å². The fourth-order valence-corrected chi connectivity index (χ4v) is 6.32. The van der Waals surface area contributed by atoms with Gasteiger partial charge in [-0.1, -0.05) is 67.3 Å². The number of halogens is 1. The van der Waals surface area contributed by atoms with Crippen LogP contribution in [0.4, 0.5) is 10.1 Å². The van der Waals surface area contributed by atoms with Crippen LogP contribution in [-0.4, -0.2) is 43.8 Å². The molecule has 1 fully saturated rings. The van der Waals surface area contributed by atoms with Gasteiger partial charge in [0.1, 0.15) is 18.4 Å². The van der Waals surface area contributed by atoms with E-state index in [2.05, 4.69) is 5.32 Å². The van der Waals surface area contributed by atoms with Crippen molar-refractivity contribution in [3.8, 4) is 0 Å². The lowest BCUT2D eigenvalue weighted by Crippen LogP contribution is -2.53. The van der Waals surface area contributed by atoms with Crippen molar-refractivity contribution in [1.29, 1.82) is 0 Å². The molecule has 1 atom stereocenters. The molecule has 7 nitrogen and oxygen atoms in total. The average molecular weight is 566 g/mol. The van der Waals surface area contributed by atoms with E-state index in [1.54, 1.807) is 19.1 Å². The minimum atomic E-state index is -4.19. The number of carbonyl (C=O) groups excluding carboxylic acids is 2. The largest absolute Gasteiger partial charge is 0.352 e. The lowest BCUT2D eigenvalue weighted by Gasteiger charge is -2.33. The first kappa shape index (κ1) is 29.3. The number of nitrogens with zero attached hydrogens (tertiary/aromatic N) is 2. The van der Waals surface area contributed by atoms with Crippen LogP contribution in [-0.2, 0) is 26.2 Å². The number of aryl methyl sites for hydroxylation is 1. The summed E-state index contributed by atoms with van der Waals surface area (Å²) in [4.78, 5) is 28.7. The highest BCUT2D eigenvalue weighted by Crippen LogP contribution is 2.25. The second-order valence-corrected chi connectivity index (χ2v) is 12.2. The van der Waals surface area contributed by atoms with Gasteiger partial charge >= 0.3 is 0 Å². The van der Waals surface area contributed by atoms with Crippen LogP contribution in [0.5, 0.6) is 0 Å². The number of sulfonamides is 1. The van der Waals surface area contributed by atoms with Gasteiger partial charge in [0.25, 0.3) is 10.0 Å². The molecule has 0 unspecified atom stereocenters. The number of carbonyl (C=O) groups is 2. The van der Waals surface area contributed by atoms with Crippen LogP contribution in [0.2, 0.25) is 0 Å². The Morgan fingerprint density at radius 3 is 2.17 bits per heavy atom. The molecule has 0 aliphatic heterocycles. The summed E-state index contributed by atoms with van der Waals surface area (Å²) in [7, 11) is -4.19. The van der Waals surface area contributed by atoms with E-state index in [9.17, 15) is 22.4 Å². The lowest BCUT2D eigenvalue weighted by atomic mass is 9.95. The van der Waals surface area contributed by atoms with E-state index in [0.717, 1.165) is 59.7 Å². The van der Waals surface area contributed by atoms with Gasteiger partial charge in [0.15, 0.2) is 0 Å². The van der Waals surface area contributed by atoms with Gasteiger partial charge in [-0.05, 0) is 68.7 Å². The number of nitrogens with one attached hydrogen (secondary N) is 1. The summed E-state index contributed by atoms with van der Waals surface area (Å²) in [5.41, 5.74) is 1.84. The zero-order chi connectivity index (χ0) is 28.7. The Morgan fingerprint density at radius 2 is 1.55 bits per heavy atom. The first-order valence-electron chi connectivity index (χ1n) is 13.6. The summed E-state index contributed by atoms with van der Waals surface area (Å²) in [6.45, 7) is 3.07. The second kappa shape index (κ2) is 13.1. The third-order valence-electron chi connectivity index (χ3n) is 7.32. The molecular formula is C31H36FN3O4S. The number of benzene rings is 3. The van der Waals surface area contributed by atoms with E-state index in [0.29, 0.717) is 0 Å². The molecule has 3 aromatic carbocycles. The molecule has 1 aliphatic carbocycles. The summed E-state index contributed by atoms with van der Waals surface area (Å²) < 4.78 is 42.3. The van der Waals surface area contributed by atoms with Crippen LogP contribution < -0.4 is 9.62 Å². The van der Waals surface area contributed by atoms with Crippen molar-refractivity contribution in [2.45, 2.75) is 69.5 Å². The molecule has 1 N–H and O–H groups in total. The Labute approximate surface area is 236 Å². The van der Waals surface area contributed by atoms with Gasteiger partial charge < -0.3 is 10.2 Å². The van der Waals surface area contributed by atoms with E-state index < -0.39 is 34.3 Å². The second-order valence-electron chi connectivity index (χ2n) is 10.3. The van der Waals surface area contributed by atoms with Gasteiger partial charge in [0.05, 0.1) is 10.6 Å². The smallest absolute Gasteiger partial charge is 0.264 e. The third-order valence-corrected chi connectivity index (χ3v) is 9.11. The van der Waals surface area contributed by atoms with Gasteiger partial charge in [-0.3, -0.25) is 13.9 Å². The van der Waals surface area contributed by atoms with Crippen LogP contribution in [0.25, 0.3) is 0 Å². The van der Waals surface area contributed by atoms with Gasteiger partial charge in [-0.25, -0.2) is 12.8 Å². The van der Waals surface area contributed by atoms with Crippen molar-refractivity contribution >= 4 is 27.5 Å². The van der Waals surface area contributed by atoms with Gasteiger partial charge in [0.2, 0.25) is 11.8 Å². The number of anilines is 1. The number of rotatable bonds is 10. The van der Waals surface area contributed by atoms with Crippen molar-refractivity contribution in [1.82, 2.24) is 10.2 Å². The molecule has 3 aromatic rings. The maximum atomic E-state index is 13.9. The topological polar surface area (TPSA) is 86.8 Å². The van der Waals surface area contributed by atoms with E-state index in [-0.39, 0.29) is 29.1 Å². The van der Waals surface area contributed by atoms with Crippen molar-refractivity contribution < 1.29 is 22.4 Å². The number of hydrogen-bond acceptors (Lipinski definition) is 4. The van der Waals surface area contributed by atoms with Crippen LogP contribution in [0.3, 0.4) is 0 Å². The molecule has 4 rings (SSSR count). The fourth-order valence-electron chi connectivity index (χ4n) is 4.91. The zero-order valence-electron chi connectivity index (χ0n) is 22.9. The maximum Gasteiger partial charge on any atom is 0.264 e. The highest BCUT2D eigenvalue weighted by molar-refractivity contribution is 7.92. The Kier molecular flexibility index (Phi) is 9.58. The molecule has 2 amide bonds. The summed E-state index contributed by atoms with van der Waals surface area (Å²) in [6.07, 6.45) is 5.05. The molecule has 0 bridgehead atoms. The molecule has 0 radical (unpaired) electrons. The zero-order valence-corrected chi connectivity index (χ0v) is 23.7. The van der Waals surface area contributed by atoms with E-state index in [1.807, 2.05) is 37.3 Å². The standard InChI is InChI=1S/C31H36FN3O4S/c1-23-13-19-29(20-14-23)40(38,39)35(28-17-15-26(32)16-18-28)22-30(36)34(21-25-9-5-3-6-10-25)24(2)31(37)33-27-11-7-4-8-12-27/h3,5-6,9-10,13-20,24,27H,4,7-8,11-12,21-22H2,1-2H3,(H,33,37)/t24-/m0/s1. The summed E-state index contributed by atoms with van der Waals surface area (Å²) in [5.74, 6) is -1.34. The predicted octanol–water partition coefficient (Wildman–Crippen LogP) is 5.20. The molecule has 9 heteroatoms. The first-order valence-corrected chi connectivity index (χ1v) is 15.1. The Morgan fingerprint density at radius 1 is 0.925 bits per heavy atom. The molecule has 0 saturated heterocycles. The predicted molar refractivity (Wildman–Crippen MR) is 154 cm³/mol. The minimum absolute atomic E-state index is 0.00734. The number of amides is 2. The third kappa shape index (κ3) is 7.27. The lowest BCUT2D eigenvalue weighted by molar-refractivity contribution is -0.139. The van der Waals surface area contributed by atoms with Crippen LogP contribution in [0, 0.1) is 12.7 Å². The van der Waals surface area contributed by atoms with Crippen LogP contribution in [0.1, 0.15) is 50.2 Å². The first-order chi connectivity index (χ1) is 19.1. The summed E-state index contributed by atoms with van der Waals surface area (Å²) in [5, 5.41) is 3.09. The van der Waals surface area contributed by atoms with Gasteiger partial charge in [-0.15, -0.1) is 0 Å². The van der Waals surface area contributed by atoms with Crippen molar-refractivity contribution in [3.63, 3.8) is 0 Å². The Balaban J connectivity index is 1.65. The van der Waals surface area contributed by atoms with Gasteiger partial charge in [0, 0.05) is 12.6 Å². The summed E-state index contributed by atoms with van der Waals surface area (Å²) >= 11 is 0. The highest BCUT2D eigenvalue weighted by atomic mass is 32.2. The molecule has 0 aromatic heterocycles. The fraction of sp³-hybridized carbons (Fsp3) is 0.355. The van der Waals surface area contributed by atoms with E-state index >= 15 is 0 Å². The average Bonchev–Trinajstić information content (AvgIpc) is 2.96. The molecule has 212 valence electrons. The quantitative estimate of drug-likeness (QED) is 0.366. The van der Waals surface area contributed by atoms with Crippen molar-refractivity contribution in [2.24, 2.45) is 0 Å².